The highest BCUT2D eigenvalue weighted by molar-refractivity contribution is 5.51. The molecule has 0 aliphatic carbocycles. The van der Waals surface area contributed by atoms with Crippen molar-refractivity contribution in [1.82, 2.24) is 4.98 Å². The summed E-state index contributed by atoms with van der Waals surface area (Å²) >= 11 is 0. The predicted molar refractivity (Wildman–Crippen MR) is 59.3 cm³/mol. The van der Waals surface area contributed by atoms with E-state index in [0.717, 1.165) is 11.3 Å². The lowest BCUT2D eigenvalue weighted by Crippen LogP contribution is -2.03. The summed E-state index contributed by atoms with van der Waals surface area (Å²) in [6, 6.07) is 8.95. The number of hydrogen-bond acceptors (Lipinski definition) is 1. The third kappa shape index (κ3) is 2.18. The van der Waals surface area contributed by atoms with Gasteiger partial charge in [0.2, 0.25) is 0 Å². The predicted octanol–water partition coefficient (Wildman–Crippen LogP) is 3.07. The van der Waals surface area contributed by atoms with Crippen molar-refractivity contribution in [3.8, 4) is 0 Å². The summed E-state index contributed by atoms with van der Waals surface area (Å²) in [5, 5.41) is 3.08. The van der Waals surface area contributed by atoms with Crippen LogP contribution in [0.15, 0.2) is 36.5 Å². The van der Waals surface area contributed by atoms with Gasteiger partial charge in [-0.05, 0) is 30.7 Å². The van der Waals surface area contributed by atoms with Gasteiger partial charge in [-0.1, -0.05) is 12.1 Å². The topological polar surface area (TPSA) is 27.8 Å². The zero-order valence-corrected chi connectivity index (χ0v) is 8.55. The van der Waals surface area contributed by atoms with Gasteiger partial charge in [0, 0.05) is 11.9 Å². The molecule has 1 aromatic heterocycles. The van der Waals surface area contributed by atoms with E-state index >= 15 is 0 Å². The van der Waals surface area contributed by atoms with Gasteiger partial charge in [-0.25, -0.2) is 4.39 Å². The van der Waals surface area contributed by atoms with Crippen LogP contribution >= 0.6 is 0 Å². The van der Waals surface area contributed by atoms with Crippen molar-refractivity contribution in [3.05, 3.63) is 53.6 Å². The van der Waals surface area contributed by atoms with Crippen LogP contribution in [0.25, 0.3) is 0 Å². The van der Waals surface area contributed by atoms with Crippen LogP contribution in [0.1, 0.15) is 11.3 Å². The summed E-state index contributed by atoms with van der Waals surface area (Å²) in [7, 11) is 0. The minimum Gasteiger partial charge on any atom is -0.377 e. The van der Waals surface area contributed by atoms with Crippen LogP contribution in [0.5, 0.6) is 0 Å². The smallest absolute Gasteiger partial charge is 0.146 e. The van der Waals surface area contributed by atoms with Crippen molar-refractivity contribution in [1.29, 1.82) is 0 Å². The summed E-state index contributed by atoms with van der Waals surface area (Å²) in [4.78, 5) is 3.06. The summed E-state index contributed by atoms with van der Waals surface area (Å²) in [6.45, 7) is 2.49. The number of benzene rings is 1. The van der Waals surface area contributed by atoms with Gasteiger partial charge in [-0.2, -0.15) is 0 Å². The maximum absolute atomic E-state index is 13.4. The molecule has 0 radical (unpaired) electrons. The first-order valence-electron chi connectivity index (χ1n) is 4.88. The monoisotopic (exact) mass is 204 g/mol. The Kier molecular flexibility index (Phi) is 2.72. The molecule has 0 aliphatic rings. The number of hydrogen-bond donors (Lipinski definition) is 2. The Hall–Kier alpha value is -1.77. The number of halogens is 1. The Morgan fingerprint density at radius 2 is 2.13 bits per heavy atom. The Bertz CT molecular complexity index is 415. The molecule has 1 heterocycles. The van der Waals surface area contributed by atoms with E-state index in [1.165, 1.54) is 6.07 Å². The molecule has 2 nitrogen and oxygen atoms in total. The summed E-state index contributed by atoms with van der Waals surface area (Å²) < 4.78 is 13.4. The van der Waals surface area contributed by atoms with Gasteiger partial charge in [-0.15, -0.1) is 0 Å². The van der Waals surface area contributed by atoms with Crippen LogP contribution < -0.4 is 5.32 Å². The van der Waals surface area contributed by atoms with E-state index < -0.39 is 0 Å². The molecule has 2 N–H and O–H groups in total. The summed E-state index contributed by atoms with van der Waals surface area (Å²) in [5.41, 5.74) is 2.53. The summed E-state index contributed by atoms with van der Waals surface area (Å²) in [6.07, 6.45) is 1.85. The lowest BCUT2D eigenvalue weighted by molar-refractivity contribution is 0.629. The van der Waals surface area contributed by atoms with Crippen molar-refractivity contribution in [2.75, 3.05) is 5.32 Å². The molecule has 0 amide bonds. The van der Waals surface area contributed by atoms with Crippen LogP contribution in [0.2, 0.25) is 0 Å². The number of aryl methyl sites for hydroxylation is 1. The zero-order chi connectivity index (χ0) is 10.7. The van der Waals surface area contributed by atoms with Gasteiger partial charge in [0.25, 0.3) is 0 Å². The van der Waals surface area contributed by atoms with Crippen molar-refractivity contribution in [3.63, 3.8) is 0 Å². The number of H-pyrrole nitrogens is 1. The van der Waals surface area contributed by atoms with Crippen LogP contribution in [-0.2, 0) is 6.54 Å². The molecule has 1 aromatic carbocycles. The maximum atomic E-state index is 13.4. The number of aromatic amines is 1. The average Bonchev–Trinajstić information content (AvgIpc) is 2.70. The van der Waals surface area contributed by atoms with Crippen molar-refractivity contribution in [2.45, 2.75) is 13.5 Å². The number of nitrogens with one attached hydrogen (secondary N) is 2. The number of anilines is 1. The normalized spacial score (nSPS) is 10.3. The first-order valence-corrected chi connectivity index (χ1v) is 4.88. The van der Waals surface area contributed by atoms with Crippen molar-refractivity contribution >= 4 is 5.69 Å². The van der Waals surface area contributed by atoms with Gasteiger partial charge in [0.05, 0.1) is 12.2 Å². The summed E-state index contributed by atoms with van der Waals surface area (Å²) in [5.74, 6) is -0.207. The van der Waals surface area contributed by atoms with Crippen molar-refractivity contribution in [2.24, 2.45) is 0 Å². The minimum absolute atomic E-state index is 0.207. The molecule has 0 unspecified atom stereocenters. The molecule has 0 fully saturated rings. The van der Waals surface area contributed by atoms with E-state index in [1.54, 1.807) is 6.07 Å². The third-order valence-electron chi connectivity index (χ3n) is 2.34. The molecule has 0 spiro atoms. The number of para-hydroxylation sites is 1. The molecule has 0 bridgehead atoms. The second-order valence-electron chi connectivity index (χ2n) is 3.48. The lowest BCUT2D eigenvalue weighted by Gasteiger charge is -2.09. The van der Waals surface area contributed by atoms with Gasteiger partial charge in [0.1, 0.15) is 5.82 Å². The molecular formula is C12H13FN2. The standard InChI is InChI=1S/C12H13FN2/c1-9-4-2-6-11(13)12(9)15-8-10-5-3-7-14-10/h2-7,14-15H,8H2,1H3. The Morgan fingerprint density at radius 1 is 1.27 bits per heavy atom. The fourth-order valence-corrected chi connectivity index (χ4v) is 1.52. The Labute approximate surface area is 88.1 Å². The first-order chi connectivity index (χ1) is 7.27. The fourth-order valence-electron chi connectivity index (χ4n) is 1.52. The Balaban J connectivity index is 2.11. The molecule has 0 saturated carbocycles. The number of aromatic nitrogens is 1. The maximum Gasteiger partial charge on any atom is 0.146 e. The molecule has 0 saturated heterocycles. The van der Waals surface area contributed by atoms with E-state index in [-0.39, 0.29) is 5.82 Å². The minimum atomic E-state index is -0.207. The van der Waals surface area contributed by atoms with Crippen LogP contribution in [0.3, 0.4) is 0 Å². The Morgan fingerprint density at radius 3 is 2.80 bits per heavy atom. The second-order valence-corrected chi connectivity index (χ2v) is 3.48. The van der Waals surface area contributed by atoms with E-state index in [0.29, 0.717) is 12.2 Å². The van der Waals surface area contributed by atoms with Gasteiger partial charge >= 0.3 is 0 Å². The van der Waals surface area contributed by atoms with Crippen LogP contribution in [0.4, 0.5) is 10.1 Å². The quantitative estimate of drug-likeness (QED) is 0.790. The molecule has 2 rings (SSSR count). The third-order valence-corrected chi connectivity index (χ3v) is 2.34. The molecule has 0 aliphatic heterocycles. The zero-order valence-electron chi connectivity index (χ0n) is 8.55. The molecule has 15 heavy (non-hydrogen) atoms. The van der Waals surface area contributed by atoms with Gasteiger partial charge in [-0.3, -0.25) is 0 Å². The molecular weight excluding hydrogens is 191 g/mol. The highest BCUT2D eigenvalue weighted by Gasteiger charge is 2.04. The van der Waals surface area contributed by atoms with E-state index in [2.05, 4.69) is 10.3 Å². The largest absolute Gasteiger partial charge is 0.377 e. The van der Waals surface area contributed by atoms with Crippen LogP contribution in [0, 0.1) is 12.7 Å². The fraction of sp³-hybridized carbons (Fsp3) is 0.167. The van der Waals surface area contributed by atoms with Crippen LogP contribution in [-0.4, -0.2) is 4.98 Å². The molecule has 3 heteroatoms. The molecule has 0 atom stereocenters. The highest BCUT2D eigenvalue weighted by Crippen LogP contribution is 2.19. The second kappa shape index (κ2) is 4.17. The van der Waals surface area contributed by atoms with Gasteiger partial charge in [0.15, 0.2) is 0 Å². The first kappa shape index (κ1) is 9.77. The van der Waals surface area contributed by atoms with Gasteiger partial charge < -0.3 is 10.3 Å². The molecule has 2 aromatic rings. The lowest BCUT2D eigenvalue weighted by atomic mass is 10.2. The van der Waals surface area contributed by atoms with E-state index in [1.807, 2.05) is 31.3 Å². The highest BCUT2D eigenvalue weighted by atomic mass is 19.1. The average molecular weight is 204 g/mol. The SMILES string of the molecule is Cc1cccc(F)c1NCc1ccc[nH]1. The number of rotatable bonds is 3. The van der Waals surface area contributed by atoms with Crippen molar-refractivity contribution < 1.29 is 4.39 Å². The van der Waals surface area contributed by atoms with E-state index in [4.69, 9.17) is 0 Å². The van der Waals surface area contributed by atoms with E-state index in [9.17, 15) is 4.39 Å². The molecule has 78 valence electrons.